The van der Waals surface area contributed by atoms with Gasteiger partial charge >= 0.3 is 6.03 Å². The van der Waals surface area contributed by atoms with E-state index in [4.69, 9.17) is 0 Å². The van der Waals surface area contributed by atoms with Crippen molar-refractivity contribution in [3.05, 3.63) is 36.2 Å². The summed E-state index contributed by atoms with van der Waals surface area (Å²) in [6.45, 7) is 4.00. The third kappa shape index (κ3) is 3.96. The number of carbonyl (C=O) groups excluding carboxylic acids is 1. The summed E-state index contributed by atoms with van der Waals surface area (Å²) in [5, 5.41) is 5.53. The Morgan fingerprint density at radius 3 is 2.62 bits per heavy atom. The zero-order chi connectivity index (χ0) is 17.5. The number of aromatic nitrogens is 3. The molecule has 0 aliphatic rings. The molecule has 2 N–H and O–H groups in total. The molecule has 0 bridgehead atoms. The number of nitrogens with one attached hydrogen (secondary N) is 2. The molecule has 0 spiro atoms. The Bertz CT molecular complexity index is 803. The first-order chi connectivity index (χ1) is 11.6. The number of nitrogens with zero attached hydrogens (tertiary/aromatic N) is 4. The summed E-state index contributed by atoms with van der Waals surface area (Å²) in [7, 11) is 3.80. The molecule has 0 aromatic carbocycles. The molecule has 3 rings (SSSR count). The first-order valence-electron chi connectivity index (χ1n) is 7.52. The second kappa shape index (κ2) is 8.21. The molecule has 7 nitrogen and oxygen atoms in total. The van der Waals surface area contributed by atoms with E-state index in [-0.39, 0.29) is 6.03 Å². The number of hydrogen-bond acceptors (Lipinski definition) is 6. The van der Waals surface area contributed by atoms with E-state index in [1.54, 1.807) is 36.2 Å². The number of rotatable bonds is 3. The van der Waals surface area contributed by atoms with Crippen LogP contribution in [0, 0.1) is 0 Å². The first kappa shape index (κ1) is 17.6. The van der Waals surface area contributed by atoms with Gasteiger partial charge in [0.25, 0.3) is 0 Å². The molecule has 0 radical (unpaired) electrons. The van der Waals surface area contributed by atoms with E-state index in [0.29, 0.717) is 11.4 Å². The van der Waals surface area contributed by atoms with Crippen LogP contribution in [-0.2, 0) is 0 Å². The van der Waals surface area contributed by atoms with Crippen LogP contribution in [0.3, 0.4) is 0 Å². The SMILES string of the molecule is CC.CN(C)c1c(NC(=O)Nc2cccnc2)cnc2scnc12. The van der Waals surface area contributed by atoms with Crippen LogP contribution in [0.1, 0.15) is 13.8 Å². The van der Waals surface area contributed by atoms with Gasteiger partial charge < -0.3 is 15.5 Å². The van der Waals surface area contributed by atoms with E-state index in [0.717, 1.165) is 16.0 Å². The van der Waals surface area contributed by atoms with Gasteiger partial charge in [-0.25, -0.2) is 14.8 Å². The van der Waals surface area contributed by atoms with Crippen LogP contribution < -0.4 is 15.5 Å². The zero-order valence-corrected chi connectivity index (χ0v) is 14.9. The molecule has 0 unspecified atom stereocenters. The fraction of sp³-hybridized carbons (Fsp3) is 0.250. The summed E-state index contributed by atoms with van der Waals surface area (Å²) < 4.78 is 0. The van der Waals surface area contributed by atoms with Crippen molar-refractivity contribution >= 4 is 44.8 Å². The van der Waals surface area contributed by atoms with E-state index in [2.05, 4.69) is 25.6 Å². The second-order valence-corrected chi connectivity index (χ2v) is 5.58. The summed E-state index contributed by atoms with van der Waals surface area (Å²) in [5.41, 5.74) is 4.56. The van der Waals surface area contributed by atoms with Crippen molar-refractivity contribution in [1.29, 1.82) is 0 Å². The Morgan fingerprint density at radius 2 is 1.96 bits per heavy atom. The van der Waals surface area contributed by atoms with Crippen molar-refractivity contribution < 1.29 is 4.79 Å². The van der Waals surface area contributed by atoms with Crippen molar-refractivity contribution in [2.24, 2.45) is 0 Å². The molecular formula is C16H20N6OS. The largest absolute Gasteiger partial charge is 0.374 e. The molecule has 0 saturated carbocycles. The van der Waals surface area contributed by atoms with Gasteiger partial charge in [0.2, 0.25) is 0 Å². The van der Waals surface area contributed by atoms with Gasteiger partial charge in [0.1, 0.15) is 10.3 Å². The summed E-state index contributed by atoms with van der Waals surface area (Å²) in [6.07, 6.45) is 4.86. The highest BCUT2D eigenvalue weighted by Gasteiger charge is 2.15. The maximum Gasteiger partial charge on any atom is 0.323 e. The molecule has 24 heavy (non-hydrogen) atoms. The average molecular weight is 344 g/mol. The predicted molar refractivity (Wildman–Crippen MR) is 100.0 cm³/mol. The minimum absolute atomic E-state index is 0.354. The molecule has 126 valence electrons. The van der Waals surface area contributed by atoms with Gasteiger partial charge in [-0.15, -0.1) is 11.3 Å². The molecule has 0 saturated heterocycles. The van der Waals surface area contributed by atoms with Crippen LogP contribution in [0.4, 0.5) is 21.9 Å². The summed E-state index contributed by atoms with van der Waals surface area (Å²) in [5.74, 6) is 0. The molecule has 0 atom stereocenters. The molecular weight excluding hydrogens is 324 g/mol. The molecule has 0 aliphatic carbocycles. The van der Waals surface area contributed by atoms with Gasteiger partial charge in [0, 0.05) is 20.3 Å². The minimum atomic E-state index is -0.354. The number of anilines is 3. The Labute approximate surface area is 144 Å². The number of urea groups is 1. The second-order valence-electron chi connectivity index (χ2n) is 4.74. The highest BCUT2D eigenvalue weighted by atomic mass is 32.1. The van der Waals surface area contributed by atoms with Crippen molar-refractivity contribution in [3.63, 3.8) is 0 Å². The van der Waals surface area contributed by atoms with Gasteiger partial charge in [-0.05, 0) is 12.1 Å². The van der Waals surface area contributed by atoms with Crippen molar-refractivity contribution in [2.75, 3.05) is 29.6 Å². The van der Waals surface area contributed by atoms with Crippen molar-refractivity contribution in [1.82, 2.24) is 15.0 Å². The van der Waals surface area contributed by atoms with Crippen LogP contribution in [0.5, 0.6) is 0 Å². The van der Waals surface area contributed by atoms with E-state index >= 15 is 0 Å². The molecule has 0 aliphatic heterocycles. The fourth-order valence-corrected chi connectivity index (χ4v) is 2.70. The van der Waals surface area contributed by atoms with Gasteiger partial charge in [-0.3, -0.25) is 4.98 Å². The maximum atomic E-state index is 12.1. The Morgan fingerprint density at radius 1 is 1.17 bits per heavy atom. The highest BCUT2D eigenvalue weighted by Crippen LogP contribution is 2.32. The van der Waals surface area contributed by atoms with Gasteiger partial charge in [0.05, 0.1) is 35.0 Å². The number of amides is 2. The van der Waals surface area contributed by atoms with Crippen molar-refractivity contribution in [3.8, 4) is 0 Å². The summed E-state index contributed by atoms with van der Waals surface area (Å²) in [4.78, 5) is 27.5. The number of thiazole rings is 1. The molecule has 3 aromatic heterocycles. The minimum Gasteiger partial charge on any atom is -0.374 e. The lowest BCUT2D eigenvalue weighted by atomic mass is 10.3. The Hall–Kier alpha value is -2.74. The van der Waals surface area contributed by atoms with Crippen LogP contribution in [-0.4, -0.2) is 35.1 Å². The van der Waals surface area contributed by atoms with Gasteiger partial charge in [-0.1, -0.05) is 13.8 Å². The Kier molecular flexibility index (Phi) is 6.02. The summed E-state index contributed by atoms with van der Waals surface area (Å²) in [6, 6.07) is 3.16. The zero-order valence-electron chi connectivity index (χ0n) is 14.1. The summed E-state index contributed by atoms with van der Waals surface area (Å²) >= 11 is 1.46. The Balaban J connectivity index is 0.00000100. The number of pyridine rings is 2. The lowest BCUT2D eigenvalue weighted by molar-refractivity contribution is 0.262. The molecule has 8 heteroatoms. The highest BCUT2D eigenvalue weighted by molar-refractivity contribution is 7.16. The number of hydrogen-bond donors (Lipinski definition) is 2. The van der Waals surface area contributed by atoms with Crippen LogP contribution in [0.2, 0.25) is 0 Å². The fourth-order valence-electron chi connectivity index (χ4n) is 2.07. The number of carbonyl (C=O) groups is 1. The average Bonchev–Trinajstić information content (AvgIpc) is 3.05. The topological polar surface area (TPSA) is 83.0 Å². The van der Waals surface area contributed by atoms with E-state index in [1.807, 2.05) is 32.8 Å². The lowest BCUT2D eigenvalue weighted by Crippen LogP contribution is -2.22. The molecule has 3 aromatic rings. The first-order valence-corrected chi connectivity index (χ1v) is 8.40. The normalized spacial score (nSPS) is 9.83. The predicted octanol–water partition coefficient (Wildman–Crippen LogP) is 3.82. The molecule has 3 heterocycles. The number of fused-ring (bicyclic) bond motifs is 1. The van der Waals surface area contributed by atoms with Crippen LogP contribution >= 0.6 is 11.3 Å². The van der Waals surface area contributed by atoms with E-state index < -0.39 is 0 Å². The van der Waals surface area contributed by atoms with Gasteiger partial charge in [0.15, 0.2) is 0 Å². The molecule has 0 fully saturated rings. The standard InChI is InChI=1S/C14H14N6OS.C2H6/c1-20(2)12-10(7-16-13-11(12)17-8-22-13)19-14(21)18-9-4-3-5-15-6-9;1-2/h3-8H,1-2H3,(H2,18,19,21);1-2H3. The molecule has 2 amide bonds. The van der Waals surface area contributed by atoms with Crippen molar-refractivity contribution in [2.45, 2.75) is 13.8 Å². The smallest absolute Gasteiger partial charge is 0.323 e. The quantitative estimate of drug-likeness (QED) is 0.754. The van der Waals surface area contributed by atoms with Gasteiger partial charge in [-0.2, -0.15) is 0 Å². The van der Waals surface area contributed by atoms with Crippen LogP contribution in [0.15, 0.2) is 36.2 Å². The third-order valence-electron chi connectivity index (χ3n) is 2.95. The van der Waals surface area contributed by atoms with E-state index in [9.17, 15) is 4.79 Å². The monoisotopic (exact) mass is 344 g/mol. The van der Waals surface area contributed by atoms with Crippen LogP contribution in [0.25, 0.3) is 10.3 Å². The van der Waals surface area contributed by atoms with E-state index in [1.165, 1.54) is 11.3 Å². The maximum absolute atomic E-state index is 12.1. The lowest BCUT2D eigenvalue weighted by Gasteiger charge is -2.18. The third-order valence-corrected chi connectivity index (χ3v) is 3.69.